The molecule has 3 nitrogen and oxygen atoms in total. The molecular formula is C15H18N2O. The van der Waals surface area contributed by atoms with Gasteiger partial charge in [0.2, 0.25) is 5.91 Å². The molecule has 18 heavy (non-hydrogen) atoms. The van der Waals surface area contributed by atoms with Crippen molar-refractivity contribution in [1.82, 2.24) is 5.32 Å². The average molecular weight is 242 g/mol. The van der Waals surface area contributed by atoms with E-state index in [-0.39, 0.29) is 5.91 Å². The van der Waals surface area contributed by atoms with Crippen molar-refractivity contribution in [2.45, 2.75) is 20.3 Å². The summed E-state index contributed by atoms with van der Waals surface area (Å²) >= 11 is 0. The summed E-state index contributed by atoms with van der Waals surface area (Å²) in [6.45, 7) is 4.79. The number of hydrogen-bond donors (Lipinski definition) is 2. The molecule has 1 aromatic carbocycles. The standard InChI is InChI=1S/C15H18N2O/c1-11-3-7-14(8-4-11)17-15(18)9-13-6-5-12(2)16-10-13/h3-8,16H,9-10H2,1-2H3,(H,17,18). The van der Waals surface area contributed by atoms with Gasteiger partial charge in [0, 0.05) is 24.4 Å². The third-order valence-electron chi connectivity index (χ3n) is 2.89. The molecule has 0 aliphatic carbocycles. The van der Waals surface area contributed by atoms with Crippen LogP contribution in [0.2, 0.25) is 0 Å². The fraction of sp³-hybridized carbons (Fsp3) is 0.267. The van der Waals surface area contributed by atoms with E-state index in [2.05, 4.69) is 10.6 Å². The number of aryl methyl sites for hydroxylation is 1. The van der Waals surface area contributed by atoms with Crippen LogP contribution >= 0.6 is 0 Å². The fourth-order valence-electron chi connectivity index (χ4n) is 1.78. The van der Waals surface area contributed by atoms with Gasteiger partial charge in [0.05, 0.1) is 0 Å². The largest absolute Gasteiger partial charge is 0.385 e. The van der Waals surface area contributed by atoms with Crippen molar-refractivity contribution in [1.29, 1.82) is 0 Å². The second kappa shape index (κ2) is 5.54. The monoisotopic (exact) mass is 242 g/mol. The van der Waals surface area contributed by atoms with Gasteiger partial charge in [-0.05, 0) is 37.6 Å². The quantitative estimate of drug-likeness (QED) is 0.855. The molecule has 0 atom stereocenters. The van der Waals surface area contributed by atoms with Crippen LogP contribution in [0, 0.1) is 6.92 Å². The van der Waals surface area contributed by atoms with Gasteiger partial charge in [0.1, 0.15) is 0 Å². The molecule has 3 heteroatoms. The van der Waals surface area contributed by atoms with E-state index < -0.39 is 0 Å². The Morgan fingerprint density at radius 3 is 2.56 bits per heavy atom. The first-order chi connectivity index (χ1) is 8.63. The van der Waals surface area contributed by atoms with E-state index in [1.807, 2.05) is 50.3 Å². The van der Waals surface area contributed by atoms with Gasteiger partial charge >= 0.3 is 0 Å². The van der Waals surface area contributed by atoms with Gasteiger partial charge in [0.25, 0.3) is 0 Å². The van der Waals surface area contributed by atoms with Gasteiger partial charge < -0.3 is 10.6 Å². The number of allylic oxidation sites excluding steroid dienone is 3. The van der Waals surface area contributed by atoms with Crippen LogP contribution in [-0.2, 0) is 4.79 Å². The minimum absolute atomic E-state index is 0.0276. The van der Waals surface area contributed by atoms with Gasteiger partial charge in [-0.25, -0.2) is 0 Å². The van der Waals surface area contributed by atoms with E-state index in [1.165, 1.54) is 5.56 Å². The lowest BCUT2D eigenvalue weighted by atomic mass is 10.1. The first-order valence-electron chi connectivity index (χ1n) is 6.10. The number of benzene rings is 1. The molecule has 2 rings (SSSR count). The van der Waals surface area contributed by atoms with E-state index in [0.717, 1.165) is 23.5 Å². The lowest BCUT2D eigenvalue weighted by Crippen LogP contribution is -2.21. The molecule has 1 aromatic rings. The van der Waals surface area contributed by atoms with Crippen molar-refractivity contribution in [3.8, 4) is 0 Å². The van der Waals surface area contributed by atoms with E-state index in [4.69, 9.17) is 0 Å². The van der Waals surface area contributed by atoms with Crippen molar-refractivity contribution in [3.63, 3.8) is 0 Å². The average Bonchev–Trinajstić information content (AvgIpc) is 2.35. The normalized spacial score (nSPS) is 14.3. The van der Waals surface area contributed by atoms with Crippen LogP contribution in [0.5, 0.6) is 0 Å². The van der Waals surface area contributed by atoms with Gasteiger partial charge in [-0.15, -0.1) is 0 Å². The summed E-state index contributed by atoms with van der Waals surface area (Å²) in [5.74, 6) is 0.0276. The maximum atomic E-state index is 11.8. The second-order valence-corrected chi connectivity index (χ2v) is 4.62. The Hall–Kier alpha value is -2.03. The summed E-state index contributed by atoms with van der Waals surface area (Å²) in [7, 11) is 0. The molecular weight excluding hydrogens is 224 g/mol. The van der Waals surface area contributed by atoms with E-state index in [0.29, 0.717) is 6.42 Å². The molecule has 0 saturated carbocycles. The predicted molar refractivity (Wildman–Crippen MR) is 74.3 cm³/mol. The highest BCUT2D eigenvalue weighted by Crippen LogP contribution is 2.12. The van der Waals surface area contributed by atoms with Crippen LogP contribution in [-0.4, -0.2) is 12.5 Å². The summed E-state index contributed by atoms with van der Waals surface area (Å²) in [4.78, 5) is 11.8. The Labute approximate surface area is 108 Å². The zero-order chi connectivity index (χ0) is 13.0. The maximum Gasteiger partial charge on any atom is 0.228 e. The topological polar surface area (TPSA) is 41.1 Å². The molecule has 0 unspecified atom stereocenters. The summed E-state index contributed by atoms with van der Waals surface area (Å²) in [6.07, 6.45) is 4.45. The molecule has 94 valence electrons. The lowest BCUT2D eigenvalue weighted by molar-refractivity contribution is -0.115. The van der Waals surface area contributed by atoms with Crippen LogP contribution < -0.4 is 10.6 Å². The zero-order valence-corrected chi connectivity index (χ0v) is 10.8. The molecule has 0 bridgehead atoms. The molecule has 0 saturated heterocycles. The first kappa shape index (κ1) is 12.4. The smallest absolute Gasteiger partial charge is 0.228 e. The highest BCUT2D eigenvalue weighted by atomic mass is 16.1. The first-order valence-corrected chi connectivity index (χ1v) is 6.10. The highest BCUT2D eigenvalue weighted by Gasteiger charge is 2.08. The van der Waals surface area contributed by atoms with Crippen LogP contribution in [0.25, 0.3) is 0 Å². The van der Waals surface area contributed by atoms with Crippen molar-refractivity contribution >= 4 is 11.6 Å². The summed E-state index contributed by atoms with van der Waals surface area (Å²) < 4.78 is 0. The van der Waals surface area contributed by atoms with E-state index in [1.54, 1.807) is 0 Å². The Morgan fingerprint density at radius 1 is 1.22 bits per heavy atom. The summed E-state index contributed by atoms with van der Waals surface area (Å²) in [6, 6.07) is 7.82. The molecule has 0 aromatic heterocycles. The Bertz CT molecular complexity index is 498. The van der Waals surface area contributed by atoms with Crippen LogP contribution in [0.15, 0.2) is 47.7 Å². The Morgan fingerprint density at radius 2 is 1.94 bits per heavy atom. The second-order valence-electron chi connectivity index (χ2n) is 4.62. The van der Waals surface area contributed by atoms with Crippen LogP contribution in [0.3, 0.4) is 0 Å². The van der Waals surface area contributed by atoms with Crippen molar-refractivity contribution < 1.29 is 4.79 Å². The Balaban J connectivity index is 1.91. The third-order valence-corrected chi connectivity index (χ3v) is 2.89. The Kier molecular flexibility index (Phi) is 3.82. The predicted octanol–water partition coefficient (Wildman–Crippen LogP) is 2.76. The minimum atomic E-state index is 0.0276. The van der Waals surface area contributed by atoms with Crippen LogP contribution in [0.1, 0.15) is 18.9 Å². The summed E-state index contributed by atoms with van der Waals surface area (Å²) in [5, 5.41) is 6.12. The number of hydrogen-bond acceptors (Lipinski definition) is 2. The van der Waals surface area contributed by atoms with Gasteiger partial charge in [-0.1, -0.05) is 23.8 Å². The third kappa shape index (κ3) is 3.48. The molecule has 1 aliphatic heterocycles. The lowest BCUT2D eigenvalue weighted by Gasteiger charge is -2.14. The fourth-order valence-corrected chi connectivity index (χ4v) is 1.78. The zero-order valence-electron chi connectivity index (χ0n) is 10.8. The molecule has 0 fully saturated rings. The van der Waals surface area contributed by atoms with Gasteiger partial charge in [-0.2, -0.15) is 0 Å². The number of carbonyl (C=O) groups excluding carboxylic acids is 1. The van der Waals surface area contributed by atoms with Crippen LogP contribution in [0.4, 0.5) is 5.69 Å². The number of carbonyl (C=O) groups is 1. The van der Waals surface area contributed by atoms with Crippen molar-refractivity contribution in [3.05, 3.63) is 53.3 Å². The molecule has 1 heterocycles. The molecule has 0 spiro atoms. The number of nitrogens with one attached hydrogen (secondary N) is 2. The maximum absolute atomic E-state index is 11.8. The van der Waals surface area contributed by atoms with E-state index in [9.17, 15) is 4.79 Å². The number of dihydropyridines is 1. The molecule has 1 amide bonds. The highest BCUT2D eigenvalue weighted by molar-refractivity contribution is 5.92. The minimum Gasteiger partial charge on any atom is -0.385 e. The summed E-state index contributed by atoms with van der Waals surface area (Å²) in [5.41, 5.74) is 4.28. The molecule has 1 aliphatic rings. The number of rotatable bonds is 3. The van der Waals surface area contributed by atoms with Gasteiger partial charge in [-0.3, -0.25) is 4.79 Å². The molecule has 2 N–H and O–H groups in total. The van der Waals surface area contributed by atoms with Gasteiger partial charge in [0.15, 0.2) is 0 Å². The SMILES string of the molecule is CC1=CC=C(CC(=O)Nc2ccc(C)cc2)CN1. The van der Waals surface area contributed by atoms with Crippen molar-refractivity contribution in [2.24, 2.45) is 0 Å². The number of anilines is 1. The number of amides is 1. The molecule has 0 radical (unpaired) electrons. The van der Waals surface area contributed by atoms with E-state index >= 15 is 0 Å². The van der Waals surface area contributed by atoms with Crippen molar-refractivity contribution in [2.75, 3.05) is 11.9 Å².